The second-order valence-electron chi connectivity index (χ2n) is 7.06. The van der Waals surface area contributed by atoms with Crippen molar-refractivity contribution in [3.8, 4) is 5.75 Å². The summed E-state index contributed by atoms with van der Waals surface area (Å²) in [5.74, 6) is 1.81. The molecule has 0 fully saturated rings. The Morgan fingerprint density at radius 2 is 1.94 bits per heavy atom. The van der Waals surface area contributed by atoms with Crippen LogP contribution in [0.4, 0.5) is 11.5 Å². The van der Waals surface area contributed by atoms with Gasteiger partial charge >= 0.3 is 0 Å². The molecule has 0 unspecified atom stereocenters. The molecule has 3 heterocycles. The Kier molecular flexibility index (Phi) is 5.50. The fourth-order valence-electron chi connectivity index (χ4n) is 3.42. The molecule has 0 radical (unpaired) electrons. The van der Waals surface area contributed by atoms with Crippen LogP contribution in [0.15, 0.2) is 68.7 Å². The SMILES string of the molecule is CC1=Nc2ccccc2C1=Cc1c(N)n2nc(SCCOc3ccccc3)sc2nc1=O. The minimum Gasteiger partial charge on any atom is -0.493 e. The molecule has 0 atom stereocenters. The quantitative estimate of drug-likeness (QED) is 0.334. The van der Waals surface area contributed by atoms with Crippen molar-refractivity contribution in [1.82, 2.24) is 14.6 Å². The molecule has 32 heavy (non-hydrogen) atoms. The van der Waals surface area contributed by atoms with E-state index in [0.717, 1.165) is 32.6 Å². The van der Waals surface area contributed by atoms with Crippen LogP contribution in [0.3, 0.4) is 0 Å². The van der Waals surface area contributed by atoms with E-state index < -0.39 is 0 Å². The third-order valence-electron chi connectivity index (χ3n) is 4.95. The van der Waals surface area contributed by atoms with Gasteiger partial charge in [0.2, 0.25) is 4.96 Å². The average Bonchev–Trinajstić information content (AvgIpc) is 3.35. The summed E-state index contributed by atoms with van der Waals surface area (Å²) in [6.07, 6.45) is 1.77. The van der Waals surface area contributed by atoms with E-state index in [1.807, 2.05) is 61.5 Å². The van der Waals surface area contributed by atoms with Crippen LogP contribution in [0.5, 0.6) is 5.75 Å². The van der Waals surface area contributed by atoms with Gasteiger partial charge in [0.15, 0.2) is 4.34 Å². The maximum Gasteiger partial charge on any atom is 0.283 e. The Balaban J connectivity index is 1.39. The van der Waals surface area contributed by atoms with Crippen LogP contribution in [0.2, 0.25) is 0 Å². The first-order valence-corrected chi connectivity index (χ1v) is 11.8. The van der Waals surface area contributed by atoms with E-state index in [9.17, 15) is 4.79 Å². The Labute approximate surface area is 192 Å². The van der Waals surface area contributed by atoms with Gasteiger partial charge in [0, 0.05) is 22.6 Å². The summed E-state index contributed by atoms with van der Waals surface area (Å²) in [7, 11) is 0. The molecule has 0 saturated heterocycles. The Bertz CT molecular complexity index is 1420. The molecule has 2 aromatic heterocycles. The lowest BCUT2D eigenvalue weighted by molar-refractivity contribution is 0.344. The van der Waals surface area contributed by atoms with Crippen LogP contribution in [-0.2, 0) is 0 Å². The third-order valence-corrected chi connectivity index (χ3v) is 6.96. The first-order valence-electron chi connectivity index (χ1n) is 9.97. The van der Waals surface area contributed by atoms with Crippen LogP contribution < -0.4 is 16.0 Å². The summed E-state index contributed by atoms with van der Waals surface area (Å²) in [5.41, 5.74) is 9.86. The Morgan fingerprint density at radius 1 is 1.16 bits per heavy atom. The van der Waals surface area contributed by atoms with Gasteiger partial charge in [0.05, 0.1) is 17.9 Å². The maximum atomic E-state index is 12.8. The molecular formula is C23H19N5O2S2. The Hall–Kier alpha value is -3.43. The van der Waals surface area contributed by atoms with Crippen LogP contribution in [0.25, 0.3) is 16.6 Å². The van der Waals surface area contributed by atoms with E-state index in [0.29, 0.717) is 22.9 Å². The van der Waals surface area contributed by atoms with E-state index in [1.54, 1.807) is 6.08 Å². The molecule has 5 rings (SSSR count). The second-order valence-corrected chi connectivity index (χ2v) is 9.36. The molecule has 2 aromatic carbocycles. The number of anilines is 1. The van der Waals surface area contributed by atoms with E-state index in [2.05, 4.69) is 15.1 Å². The predicted octanol–water partition coefficient (Wildman–Crippen LogP) is 4.55. The first kappa shape index (κ1) is 20.5. The highest BCUT2D eigenvalue weighted by Crippen LogP contribution is 2.36. The van der Waals surface area contributed by atoms with Crippen LogP contribution in [0, 0.1) is 0 Å². The molecule has 160 valence electrons. The molecule has 7 nitrogen and oxygen atoms in total. The van der Waals surface area contributed by atoms with Crippen LogP contribution >= 0.6 is 23.1 Å². The number of aliphatic imine (C=N–C) groups is 1. The van der Waals surface area contributed by atoms with Gasteiger partial charge in [-0.25, -0.2) is 0 Å². The lowest BCUT2D eigenvalue weighted by atomic mass is 10.0. The van der Waals surface area contributed by atoms with E-state index >= 15 is 0 Å². The number of hydrogen-bond acceptors (Lipinski definition) is 8. The van der Waals surface area contributed by atoms with Gasteiger partial charge in [0.25, 0.3) is 5.56 Å². The summed E-state index contributed by atoms with van der Waals surface area (Å²) in [6.45, 7) is 2.46. The number of hydrogen-bond donors (Lipinski definition) is 1. The lowest BCUT2D eigenvalue weighted by Crippen LogP contribution is -2.17. The molecule has 0 amide bonds. The molecule has 0 saturated carbocycles. The van der Waals surface area contributed by atoms with Crippen molar-refractivity contribution in [3.63, 3.8) is 0 Å². The normalized spacial score (nSPS) is 14.0. The second kappa shape index (κ2) is 8.60. The first-order chi connectivity index (χ1) is 15.6. The number of benzene rings is 2. The van der Waals surface area contributed by atoms with Crippen molar-refractivity contribution in [2.75, 3.05) is 18.1 Å². The van der Waals surface area contributed by atoms with Gasteiger partial charge < -0.3 is 10.5 Å². The van der Waals surface area contributed by atoms with Gasteiger partial charge in [-0.2, -0.15) is 9.50 Å². The highest BCUT2D eigenvalue weighted by Gasteiger charge is 2.20. The van der Waals surface area contributed by atoms with E-state index in [-0.39, 0.29) is 11.4 Å². The molecule has 2 N–H and O–H groups in total. The zero-order valence-corrected chi connectivity index (χ0v) is 18.8. The minimum atomic E-state index is -0.375. The monoisotopic (exact) mass is 461 g/mol. The number of fused-ring (bicyclic) bond motifs is 2. The maximum absolute atomic E-state index is 12.8. The highest BCUT2D eigenvalue weighted by atomic mass is 32.2. The largest absolute Gasteiger partial charge is 0.493 e. The van der Waals surface area contributed by atoms with E-state index in [4.69, 9.17) is 10.5 Å². The van der Waals surface area contributed by atoms with Crippen molar-refractivity contribution in [3.05, 3.63) is 76.1 Å². The summed E-state index contributed by atoms with van der Waals surface area (Å²) in [5, 5.41) is 4.55. The standard InChI is InChI=1S/C23H19N5O2S2/c1-14-17(16-9-5-6-10-19(16)25-14)13-18-20(24)28-22(26-21(18)29)32-23(27-28)31-12-11-30-15-7-3-2-4-8-15/h2-10,13H,11-12,24H2,1H3. The molecule has 0 bridgehead atoms. The highest BCUT2D eigenvalue weighted by molar-refractivity contribution is 8.01. The summed E-state index contributed by atoms with van der Waals surface area (Å²) < 4.78 is 8.02. The predicted molar refractivity (Wildman–Crippen MR) is 131 cm³/mol. The van der Waals surface area contributed by atoms with Crippen molar-refractivity contribution < 1.29 is 4.74 Å². The molecule has 0 spiro atoms. The minimum absolute atomic E-state index is 0.272. The number of nitrogens with two attached hydrogens (primary N) is 1. The van der Waals surface area contributed by atoms with Crippen molar-refractivity contribution in [1.29, 1.82) is 0 Å². The number of allylic oxidation sites excluding steroid dienone is 1. The summed E-state index contributed by atoms with van der Waals surface area (Å²) >= 11 is 2.88. The zero-order chi connectivity index (χ0) is 22.1. The molecule has 0 aliphatic carbocycles. The number of nitrogens with zero attached hydrogens (tertiary/aromatic N) is 4. The number of thioether (sulfide) groups is 1. The Morgan fingerprint density at radius 3 is 2.78 bits per heavy atom. The zero-order valence-electron chi connectivity index (χ0n) is 17.2. The van der Waals surface area contributed by atoms with Crippen LogP contribution in [-0.4, -0.2) is 32.7 Å². The topological polar surface area (TPSA) is 94.9 Å². The van der Waals surface area contributed by atoms with Gasteiger partial charge in [0.1, 0.15) is 11.6 Å². The van der Waals surface area contributed by atoms with Crippen LogP contribution in [0.1, 0.15) is 18.1 Å². The van der Waals surface area contributed by atoms with E-state index in [1.165, 1.54) is 27.6 Å². The number of para-hydroxylation sites is 2. The number of nitrogen functional groups attached to an aromatic ring is 1. The molecule has 1 aliphatic rings. The van der Waals surface area contributed by atoms with Gasteiger partial charge in [-0.05, 0) is 31.2 Å². The molecular weight excluding hydrogens is 442 g/mol. The van der Waals surface area contributed by atoms with Gasteiger partial charge in [-0.1, -0.05) is 59.5 Å². The number of ether oxygens (including phenoxy) is 1. The lowest BCUT2D eigenvalue weighted by Gasteiger charge is -2.05. The molecule has 9 heteroatoms. The summed E-state index contributed by atoms with van der Waals surface area (Å²) in [6, 6.07) is 17.5. The van der Waals surface area contributed by atoms with Crippen molar-refractivity contribution in [2.24, 2.45) is 4.99 Å². The molecule has 4 aromatic rings. The smallest absolute Gasteiger partial charge is 0.283 e. The van der Waals surface area contributed by atoms with Crippen molar-refractivity contribution in [2.45, 2.75) is 11.3 Å². The van der Waals surface area contributed by atoms with Gasteiger partial charge in [-0.3, -0.25) is 9.79 Å². The summed E-state index contributed by atoms with van der Waals surface area (Å²) in [4.78, 5) is 22.0. The third kappa shape index (κ3) is 3.92. The fourth-order valence-corrected chi connectivity index (χ4v) is 5.25. The fraction of sp³-hybridized carbons (Fsp3) is 0.130. The average molecular weight is 462 g/mol. The molecule has 1 aliphatic heterocycles. The number of aromatic nitrogens is 3. The number of rotatable bonds is 6. The van der Waals surface area contributed by atoms with Crippen molar-refractivity contribution >= 4 is 56.9 Å². The van der Waals surface area contributed by atoms with Gasteiger partial charge in [-0.15, -0.1) is 5.10 Å².